The van der Waals surface area contributed by atoms with E-state index in [4.69, 9.17) is 9.47 Å². The molecule has 1 atom stereocenters. The third kappa shape index (κ3) is 5.34. The molecule has 7 heteroatoms. The smallest absolute Gasteiger partial charge is 0.410 e. The first-order valence-corrected chi connectivity index (χ1v) is 8.12. The average molecular weight is 371 g/mol. The average Bonchev–Trinajstić information content (AvgIpc) is 2.52. The number of benzene rings is 1. The summed E-state index contributed by atoms with van der Waals surface area (Å²) in [5, 5.41) is 3.31. The van der Waals surface area contributed by atoms with Crippen LogP contribution < -0.4 is 5.32 Å². The predicted octanol–water partition coefficient (Wildman–Crippen LogP) is 3.08. The summed E-state index contributed by atoms with van der Waals surface area (Å²) in [5.74, 6) is -0.357. The second kappa shape index (κ2) is 8.54. The van der Waals surface area contributed by atoms with Gasteiger partial charge < -0.3 is 14.8 Å². The molecular weight excluding hydrogens is 344 g/mol. The van der Waals surface area contributed by atoms with Crippen molar-refractivity contribution in [2.45, 2.75) is 39.3 Å². The molecule has 1 saturated heterocycles. The fourth-order valence-electron chi connectivity index (χ4n) is 2.77. The van der Waals surface area contributed by atoms with Gasteiger partial charge >= 0.3 is 12.1 Å². The molecule has 1 aromatic rings. The number of rotatable bonds is 2. The van der Waals surface area contributed by atoms with E-state index in [1.165, 1.54) is 7.11 Å². The molecule has 1 unspecified atom stereocenters. The van der Waals surface area contributed by atoms with Crippen molar-refractivity contribution < 1.29 is 19.1 Å². The zero-order valence-electron chi connectivity index (χ0n) is 15.4. The quantitative estimate of drug-likeness (QED) is 0.810. The van der Waals surface area contributed by atoms with Crippen molar-refractivity contribution in [3.05, 3.63) is 34.9 Å². The van der Waals surface area contributed by atoms with E-state index in [0.717, 1.165) is 17.7 Å². The van der Waals surface area contributed by atoms with Crippen molar-refractivity contribution >= 4 is 24.5 Å². The van der Waals surface area contributed by atoms with Gasteiger partial charge in [0.05, 0.1) is 18.7 Å². The van der Waals surface area contributed by atoms with Gasteiger partial charge in [-0.25, -0.2) is 9.59 Å². The molecular formula is C18H27ClN2O4. The van der Waals surface area contributed by atoms with Crippen LogP contribution in [0.1, 0.15) is 48.3 Å². The largest absolute Gasteiger partial charge is 0.465 e. The van der Waals surface area contributed by atoms with Gasteiger partial charge in [0.1, 0.15) is 5.60 Å². The Morgan fingerprint density at radius 2 is 1.96 bits per heavy atom. The first-order valence-electron chi connectivity index (χ1n) is 8.12. The summed E-state index contributed by atoms with van der Waals surface area (Å²) in [4.78, 5) is 26.0. The van der Waals surface area contributed by atoms with Crippen LogP contribution in [0.2, 0.25) is 0 Å². The van der Waals surface area contributed by atoms with Gasteiger partial charge in [-0.15, -0.1) is 12.4 Å². The fourth-order valence-corrected chi connectivity index (χ4v) is 2.77. The van der Waals surface area contributed by atoms with Crippen LogP contribution in [0.15, 0.2) is 18.2 Å². The fraction of sp³-hybridized carbons (Fsp3) is 0.556. The highest BCUT2D eigenvalue weighted by molar-refractivity contribution is 5.91. The minimum Gasteiger partial charge on any atom is -0.465 e. The second-order valence-corrected chi connectivity index (χ2v) is 6.96. The van der Waals surface area contributed by atoms with Crippen molar-refractivity contribution in [1.29, 1.82) is 0 Å². The molecule has 1 amide bonds. The van der Waals surface area contributed by atoms with E-state index >= 15 is 0 Å². The summed E-state index contributed by atoms with van der Waals surface area (Å²) in [6.45, 7) is 9.40. The minimum absolute atomic E-state index is 0. The number of hydrogen-bond acceptors (Lipinski definition) is 5. The molecule has 1 aliphatic rings. The summed E-state index contributed by atoms with van der Waals surface area (Å²) in [6, 6.07) is 5.42. The van der Waals surface area contributed by atoms with Crippen LogP contribution in [0, 0.1) is 6.92 Å². The molecule has 0 bridgehead atoms. The Kier molecular flexibility index (Phi) is 7.26. The Labute approximate surface area is 155 Å². The van der Waals surface area contributed by atoms with Gasteiger partial charge in [0.25, 0.3) is 0 Å². The summed E-state index contributed by atoms with van der Waals surface area (Å²) in [6.07, 6.45) is -0.316. The molecule has 1 fully saturated rings. The van der Waals surface area contributed by atoms with Crippen molar-refractivity contribution in [2.24, 2.45) is 0 Å². The highest BCUT2D eigenvalue weighted by Crippen LogP contribution is 2.26. The molecule has 25 heavy (non-hydrogen) atoms. The second-order valence-electron chi connectivity index (χ2n) is 6.96. The Morgan fingerprint density at radius 1 is 1.28 bits per heavy atom. The van der Waals surface area contributed by atoms with E-state index in [9.17, 15) is 9.59 Å². The number of halogens is 1. The lowest BCUT2D eigenvalue weighted by molar-refractivity contribution is 0.0117. The van der Waals surface area contributed by atoms with E-state index < -0.39 is 5.60 Å². The van der Waals surface area contributed by atoms with Crippen molar-refractivity contribution in [3.63, 3.8) is 0 Å². The van der Waals surface area contributed by atoms with Gasteiger partial charge in [-0.1, -0.05) is 12.1 Å². The number of esters is 1. The van der Waals surface area contributed by atoms with Crippen LogP contribution in [0.4, 0.5) is 4.79 Å². The standard InChI is InChI=1S/C18H26N2O4.ClH/c1-12-10-13(6-7-14(12)16(21)23-5)15-11-19-8-9-20(15)17(22)24-18(2,3)4;/h6-7,10,15,19H,8-9,11H2,1-5H3;1H. The summed E-state index contributed by atoms with van der Waals surface area (Å²) < 4.78 is 10.3. The van der Waals surface area contributed by atoms with Gasteiger partial charge in [0, 0.05) is 19.6 Å². The maximum absolute atomic E-state index is 12.5. The van der Waals surface area contributed by atoms with E-state index in [0.29, 0.717) is 18.7 Å². The maximum atomic E-state index is 12.5. The highest BCUT2D eigenvalue weighted by atomic mass is 35.5. The SMILES string of the molecule is COC(=O)c1ccc(C2CNCCN2C(=O)OC(C)(C)C)cc1C.Cl. The monoisotopic (exact) mass is 370 g/mol. The van der Waals surface area contributed by atoms with Crippen LogP contribution in [-0.2, 0) is 9.47 Å². The summed E-state index contributed by atoms with van der Waals surface area (Å²) >= 11 is 0. The molecule has 0 spiro atoms. The van der Waals surface area contributed by atoms with Gasteiger partial charge in [-0.05, 0) is 44.9 Å². The lowest BCUT2D eigenvalue weighted by Crippen LogP contribution is -2.50. The van der Waals surface area contributed by atoms with Crippen LogP contribution in [-0.4, -0.2) is 49.3 Å². The summed E-state index contributed by atoms with van der Waals surface area (Å²) in [7, 11) is 1.37. The predicted molar refractivity (Wildman–Crippen MR) is 98.3 cm³/mol. The molecule has 140 valence electrons. The third-order valence-electron chi connectivity index (χ3n) is 3.91. The van der Waals surface area contributed by atoms with E-state index in [2.05, 4.69) is 5.32 Å². The number of piperazine rings is 1. The van der Waals surface area contributed by atoms with Gasteiger partial charge in [0.2, 0.25) is 0 Å². The van der Waals surface area contributed by atoms with Gasteiger partial charge in [-0.2, -0.15) is 0 Å². The van der Waals surface area contributed by atoms with Gasteiger partial charge in [0.15, 0.2) is 0 Å². The van der Waals surface area contributed by atoms with E-state index in [1.54, 1.807) is 11.0 Å². The van der Waals surface area contributed by atoms with E-state index in [-0.39, 0.29) is 30.5 Å². The molecule has 6 nitrogen and oxygen atoms in total. The lowest BCUT2D eigenvalue weighted by Gasteiger charge is -2.37. The Morgan fingerprint density at radius 3 is 2.52 bits per heavy atom. The van der Waals surface area contributed by atoms with Gasteiger partial charge in [-0.3, -0.25) is 4.90 Å². The molecule has 0 aliphatic carbocycles. The van der Waals surface area contributed by atoms with Crippen LogP contribution in [0.5, 0.6) is 0 Å². The number of aryl methyl sites for hydroxylation is 1. The number of nitrogens with one attached hydrogen (secondary N) is 1. The van der Waals surface area contributed by atoms with Crippen LogP contribution in [0.3, 0.4) is 0 Å². The lowest BCUT2D eigenvalue weighted by atomic mass is 9.98. The highest BCUT2D eigenvalue weighted by Gasteiger charge is 2.31. The molecule has 0 aromatic heterocycles. The van der Waals surface area contributed by atoms with Crippen molar-refractivity contribution in [2.75, 3.05) is 26.7 Å². The molecule has 2 rings (SSSR count). The first-order chi connectivity index (χ1) is 11.2. The normalized spacial score (nSPS) is 17.5. The topological polar surface area (TPSA) is 67.9 Å². The molecule has 0 saturated carbocycles. The number of hydrogen-bond donors (Lipinski definition) is 1. The first kappa shape index (κ1) is 21.3. The Bertz CT molecular complexity index is 628. The van der Waals surface area contributed by atoms with Crippen molar-refractivity contribution in [3.8, 4) is 0 Å². The van der Waals surface area contributed by atoms with Crippen LogP contribution in [0.25, 0.3) is 0 Å². The third-order valence-corrected chi connectivity index (χ3v) is 3.91. The zero-order valence-corrected chi connectivity index (χ0v) is 16.2. The van der Waals surface area contributed by atoms with Crippen LogP contribution >= 0.6 is 12.4 Å². The summed E-state index contributed by atoms with van der Waals surface area (Å²) in [5.41, 5.74) is 1.80. The number of carbonyl (C=O) groups is 2. The molecule has 1 aromatic carbocycles. The number of ether oxygens (including phenoxy) is 2. The van der Waals surface area contributed by atoms with E-state index in [1.807, 2.05) is 39.8 Å². The number of carbonyl (C=O) groups excluding carboxylic acids is 2. The molecule has 0 radical (unpaired) electrons. The maximum Gasteiger partial charge on any atom is 0.410 e. The Hall–Kier alpha value is -1.79. The molecule has 1 N–H and O–H groups in total. The molecule has 1 heterocycles. The number of amides is 1. The molecule has 1 aliphatic heterocycles. The Balaban J connectivity index is 0.00000312. The minimum atomic E-state index is -0.531. The van der Waals surface area contributed by atoms with Crippen molar-refractivity contribution in [1.82, 2.24) is 10.2 Å². The number of nitrogens with zero attached hydrogens (tertiary/aromatic N) is 1. The number of methoxy groups -OCH3 is 1. The zero-order chi connectivity index (χ0) is 17.9.